The monoisotopic (exact) mass is 219 g/mol. The molecule has 1 aromatic rings. The van der Waals surface area contributed by atoms with Gasteiger partial charge in [0.05, 0.1) is 0 Å². The second kappa shape index (κ2) is 4.52. The van der Waals surface area contributed by atoms with Gasteiger partial charge in [-0.3, -0.25) is 9.88 Å². The summed E-state index contributed by atoms with van der Waals surface area (Å²) >= 11 is 0. The molecule has 0 saturated carbocycles. The van der Waals surface area contributed by atoms with E-state index in [-0.39, 0.29) is 5.54 Å². The normalized spacial score (nSPS) is 24.8. The Morgan fingerprint density at radius 2 is 2.38 bits per heavy atom. The molecule has 1 aromatic heterocycles. The molecule has 2 heterocycles. The molecule has 1 saturated heterocycles. The highest BCUT2D eigenvalue weighted by molar-refractivity contribution is 5.10. The average molecular weight is 219 g/mol. The fourth-order valence-electron chi connectivity index (χ4n) is 2.61. The number of hydrogen-bond donors (Lipinski definition) is 1. The van der Waals surface area contributed by atoms with Crippen molar-refractivity contribution < 1.29 is 0 Å². The Morgan fingerprint density at radius 3 is 2.94 bits per heavy atom. The van der Waals surface area contributed by atoms with Gasteiger partial charge < -0.3 is 5.73 Å². The molecule has 3 heteroatoms. The first kappa shape index (κ1) is 11.6. The van der Waals surface area contributed by atoms with Crippen LogP contribution in [0.25, 0.3) is 0 Å². The van der Waals surface area contributed by atoms with Crippen molar-refractivity contribution >= 4 is 0 Å². The van der Waals surface area contributed by atoms with Crippen LogP contribution in [-0.4, -0.2) is 28.5 Å². The summed E-state index contributed by atoms with van der Waals surface area (Å²) in [7, 11) is 0. The molecular weight excluding hydrogens is 198 g/mol. The summed E-state index contributed by atoms with van der Waals surface area (Å²) in [5.74, 6) is 0.615. The number of pyridine rings is 1. The van der Waals surface area contributed by atoms with Crippen molar-refractivity contribution in [3.05, 3.63) is 30.1 Å². The van der Waals surface area contributed by atoms with Gasteiger partial charge in [0.1, 0.15) is 0 Å². The van der Waals surface area contributed by atoms with Crippen molar-refractivity contribution in [3.8, 4) is 0 Å². The summed E-state index contributed by atoms with van der Waals surface area (Å²) < 4.78 is 0. The Bertz CT molecular complexity index is 334. The van der Waals surface area contributed by atoms with Crippen LogP contribution in [0.5, 0.6) is 0 Å². The van der Waals surface area contributed by atoms with Gasteiger partial charge in [-0.1, -0.05) is 6.07 Å². The van der Waals surface area contributed by atoms with Gasteiger partial charge in [0.25, 0.3) is 0 Å². The second-order valence-electron chi connectivity index (χ2n) is 5.16. The first-order valence-electron chi connectivity index (χ1n) is 5.98. The van der Waals surface area contributed by atoms with E-state index in [9.17, 15) is 0 Å². The zero-order valence-corrected chi connectivity index (χ0v) is 10.2. The van der Waals surface area contributed by atoms with E-state index in [0.29, 0.717) is 5.92 Å². The summed E-state index contributed by atoms with van der Waals surface area (Å²) in [5, 5.41) is 0. The van der Waals surface area contributed by atoms with Crippen LogP contribution in [0, 0.1) is 5.92 Å². The lowest BCUT2D eigenvalue weighted by Gasteiger charge is -2.35. The fraction of sp³-hybridized carbons (Fsp3) is 0.615. The molecule has 3 nitrogen and oxygen atoms in total. The molecule has 88 valence electrons. The standard InChI is InChI=1S/C13H21N3/c1-13(2)12(8-14)5-7-16(13)10-11-4-3-6-15-9-11/h3-4,6,9,12H,5,7-8,10,14H2,1-2H3. The molecular formula is C13H21N3. The molecule has 1 unspecified atom stereocenters. The molecule has 1 aliphatic heterocycles. The molecule has 0 aromatic carbocycles. The minimum absolute atomic E-state index is 0.213. The SMILES string of the molecule is CC1(C)C(CN)CCN1Cc1cccnc1. The maximum absolute atomic E-state index is 5.83. The third-order valence-electron chi connectivity index (χ3n) is 3.94. The molecule has 0 radical (unpaired) electrons. The third-order valence-corrected chi connectivity index (χ3v) is 3.94. The summed E-state index contributed by atoms with van der Waals surface area (Å²) in [6.07, 6.45) is 4.98. The van der Waals surface area contributed by atoms with Crippen molar-refractivity contribution in [3.63, 3.8) is 0 Å². The Labute approximate surface area is 97.7 Å². The number of nitrogens with zero attached hydrogens (tertiary/aromatic N) is 2. The van der Waals surface area contributed by atoms with Crippen molar-refractivity contribution in [2.24, 2.45) is 11.7 Å². The topological polar surface area (TPSA) is 42.1 Å². The molecule has 2 rings (SSSR count). The van der Waals surface area contributed by atoms with Gasteiger partial charge in [-0.25, -0.2) is 0 Å². The summed E-state index contributed by atoms with van der Waals surface area (Å²) in [6.45, 7) is 7.51. The zero-order valence-electron chi connectivity index (χ0n) is 10.2. The van der Waals surface area contributed by atoms with Crippen LogP contribution < -0.4 is 5.73 Å². The summed E-state index contributed by atoms with van der Waals surface area (Å²) in [4.78, 5) is 6.68. The lowest BCUT2D eigenvalue weighted by atomic mass is 9.88. The van der Waals surface area contributed by atoms with Crippen LogP contribution in [0.15, 0.2) is 24.5 Å². The van der Waals surface area contributed by atoms with Crippen molar-refractivity contribution in [1.82, 2.24) is 9.88 Å². The lowest BCUT2D eigenvalue weighted by Crippen LogP contribution is -2.44. The lowest BCUT2D eigenvalue weighted by molar-refractivity contribution is 0.133. The molecule has 0 aliphatic carbocycles. The number of nitrogens with two attached hydrogens (primary N) is 1. The molecule has 1 aliphatic rings. The van der Waals surface area contributed by atoms with E-state index in [0.717, 1.165) is 19.6 Å². The van der Waals surface area contributed by atoms with E-state index in [1.54, 1.807) is 0 Å². The van der Waals surface area contributed by atoms with Crippen LogP contribution in [0.4, 0.5) is 0 Å². The predicted molar refractivity (Wildman–Crippen MR) is 65.9 cm³/mol. The van der Waals surface area contributed by atoms with E-state index in [2.05, 4.69) is 29.8 Å². The number of aromatic nitrogens is 1. The van der Waals surface area contributed by atoms with Gasteiger partial charge in [0.15, 0.2) is 0 Å². The van der Waals surface area contributed by atoms with Gasteiger partial charge >= 0.3 is 0 Å². The van der Waals surface area contributed by atoms with E-state index >= 15 is 0 Å². The minimum atomic E-state index is 0.213. The van der Waals surface area contributed by atoms with E-state index in [4.69, 9.17) is 5.73 Å². The summed E-state index contributed by atoms with van der Waals surface area (Å²) in [6, 6.07) is 4.14. The molecule has 0 amide bonds. The van der Waals surface area contributed by atoms with Gasteiger partial charge in [0.2, 0.25) is 0 Å². The Kier molecular flexibility index (Phi) is 3.26. The second-order valence-corrected chi connectivity index (χ2v) is 5.16. The van der Waals surface area contributed by atoms with Crippen molar-refractivity contribution in [2.45, 2.75) is 32.4 Å². The van der Waals surface area contributed by atoms with Crippen LogP contribution in [-0.2, 0) is 6.54 Å². The highest BCUT2D eigenvalue weighted by Gasteiger charge is 2.39. The van der Waals surface area contributed by atoms with Crippen LogP contribution in [0.2, 0.25) is 0 Å². The molecule has 0 bridgehead atoms. The molecule has 1 atom stereocenters. The van der Waals surface area contributed by atoms with Crippen LogP contribution in [0.1, 0.15) is 25.8 Å². The third kappa shape index (κ3) is 2.11. The molecule has 2 N–H and O–H groups in total. The first-order valence-corrected chi connectivity index (χ1v) is 5.98. The predicted octanol–water partition coefficient (Wildman–Crippen LogP) is 1.64. The van der Waals surface area contributed by atoms with E-state index in [1.165, 1.54) is 12.0 Å². The quantitative estimate of drug-likeness (QED) is 0.840. The van der Waals surface area contributed by atoms with Gasteiger partial charge in [0, 0.05) is 24.5 Å². The van der Waals surface area contributed by atoms with Crippen molar-refractivity contribution in [1.29, 1.82) is 0 Å². The highest BCUT2D eigenvalue weighted by Crippen LogP contribution is 2.34. The van der Waals surface area contributed by atoms with E-state index in [1.807, 2.05) is 18.5 Å². The smallest absolute Gasteiger partial charge is 0.0312 e. The first-order chi connectivity index (χ1) is 7.64. The van der Waals surface area contributed by atoms with Gasteiger partial charge in [-0.15, -0.1) is 0 Å². The minimum Gasteiger partial charge on any atom is -0.330 e. The van der Waals surface area contributed by atoms with Crippen LogP contribution in [0.3, 0.4) is 0 Å². The average Bonchev–Trinajstić information content (AvgIpc) is 2.56. The largest absolute Gasteiger partial charge is 0.330 e. The number of hydrogen-bond acceptors (Lipinski definition) is 3. The van der Waals surface area contributed by atoms with Gasteiger partial charge in [-0.2, -0.15) is 0 Å². The maximum atomic E-state index is 5.83. The van der Waals surface area contributed by atoms with Crippen LogP contribution >= 0.6 is 0 Å². The summed E-state index contributed by atoms with van der Waals surface area (Å²) in [5.41, 5.74) is 7.32. The van der Waals surface area contributed by atoms with Gasteiger partial charge in [-0.05, 0) is 50.9 Å². The maximum Gasteiger partial charge on any atom is 0.0312 e. The molecule has 1 fully saturated rings. The molecule has 0 spiro atoms. The Hall–Kier alpha value is -0.930. The highest BCUT2D eigenvalue weighted by atomic mass is 15.2. The van der Waals surface area contributed by atoms with Crippen molar-refractivity contribution in [2.75, 3.05) is 13.1 Å². The molecule has 16 heavy (non-hydrogen) atoms. The Balaban J connectivity index is 2.07. The number of likely N-dealkylation sites (tertiary alicyclic amines) is 1. The Morgan fingerprint density at radius 1 is 1.56 bits per heavy atom. The van der Waals surface area contributed by atoms with E-state index < -0.39 is 0 Å². The fourth-order valence-corrected chi connectivity index (χ4v) is 2.61. The number of rotatable bonds is 3. The zero-order chi connectivity index (χ0) is 11.6.